The Morgan fingerprint density at radius 3 is 2.37 bits per heavy atom. The smallest absolute Gasteiger partial charge is 0.389 e. The number of alkyl halides is 5. The Bertz CT molecular complexity index is 843. The van der Waals surface area contributed by atoms with Crippen LogP contribution in [-0.2, 0) is 5.66 Å². The summed E-state index contributed by atoms with van der Waals surface area (Å²) in [7, 11) is -3.53. The van der Waals surface area contributed by atoms with Gasteiger partial charge in [0, 0.05) is 34.1 Å². The van der Waals surface area contributed by atoms with Crippen LogP contribution in [-0.4, -0.2) is 27.1 Å². The number of nitrogens with zero attached hydrogens (tertiary/aromatic N) is 1. The van der Waals surface area contributed by atoms with Gasteiger partial charge in [-0.05, 0) is 36.3 Å². The number of hydrogen-bond donors (Lipinski definition) is 2. The van der Waals surface area contributed by atoms with Crippen LogP contribution >= 0.6 is 24.3 Å². The molecule has 0 aliphatic heterocycles. The van der Waals surface area contributed by atoms with Gasteiger partial charge in [-0.3, -0.25) is 0 Å². The molecule has 0 unspecified atom stereocenters. The molecule has 148 valence electrons. The Labute approximate surface area is 160 Å². The normalized spacial score (nSPS) is 20.8. The highest BCUT2D eigenvalue weighted by Gasteiger charge is 2.43. The zero-order valence-electron chi connectivity index (χ0n) is 13.6. The molecule has 1 saturated carbocycles. The second kappa shape index (κ2) is 7.39. The van der Waals surface area contributed by atoms with Crippen molar-refractivity contribution in [2.75, 3.05) is 0 Å². The molecule has 0 atom stereocenters. The highest BCUT2D eigenvalue weighted by molar-refractivity contribution is 9.10. The molecule has 11 heteroatoms. The Morgan fingerprint density at radius 2 is 1.78 bits per heavy atom. The van der Waals surface area contributed by atoms with Gasteiger partial charge in [0.1, 0.15) is 6.10 Å². The van der Waals surface area contributed by atoms with Crippen molar-refractivity contribution in [2.45, 2.75) is 37.2 Å². The van der Waals surface area contributed by atoms with E-state index in [0.29, 0.717) is 10.8 Å². The van der Waals surface area contributed by atoms with Crippen LogP contribution in [0.15, 0.2) is 28.9 Å². The van der Waals surface area contributed by atoms with Crippen molar-refractivity contribution in [3.8, 4) is 5.88 Å². The van der Waals surface area contributed by atoms with Crippen molar-refractivity contribution in [2.24, 2.45) is 5.92 Å². The molecule has 0 radical (unpaired) electrons. The summed E-state index contributed by atoms with van der Waals surface area (Å²) in [5, 5.41) is 0.846. The number of fused-ring (bicyclic) bond motifs is 1. The van der Waals surface area contributed by atoms with E-state index in [1.54, 1.807) is 0 Å². The molecule has 0 spiro atoms. The third kappa shape index (κ3) is 4.67. The van der Waals surface area contributed by atoms with Crippen LogP contribution in [0.3, 0.4) is 0 Å². The zero-order chi connectivity index (χ0) is 20.0. The van der Waals surface area contributed by atoms with E-state index in [0.717, 1.165) is 6.07 Å². The molecule has 1 heterocycles. The maximum atomic E-state index is 14.0. The number of pyridine rings is 1. The Kier molecular flexibility index (Phi) is 5.65. The van der Waals surface area contributed by atoms with E-state index in [9.17, 15) is 22.0 Å². The topological polar surface area (TPSA) is 62.6 Å². The van der Waals surface area contributed by atoms with E-state index in [2.05, 4.69) is 20.9 Å². The maximum Gasteiger partial charge on any atom is 0.389 e. The third-order valence-corrected chi connectivity index (χ3v) is 5.76. The SMILES string of the molecule is OP(O)C(F)(F)c1cc2cc(OC3CC(CC(F)(F)F)C3)ncc2cc1Br. The summed E-state index contributed by atoms with van der Waals surface area (Å²) in [6, 6.07) is 3.87. The van der Waals surface area contributed by atoms with E-state index in [-0.39, 0.29) is 23.2 Å². The van der Waals surface area contributed by atoms with Gasteiger partial charge in [0.25, 0.3) is 0 Å². The molecule has 1 aliphatic rings. The zero-order valence-corrected chi connectivity index (χ0v) is 16.0. The van der Waals surface area contributed by atoms with Gasteiger partial charge in [0.05, 0.1) is 0 Å². The van der Waals surface area contributed by atoms with Gasteiger partial charge >= 0.3 is 11.8 Å². The van der Waals surface area contributed by atoms with Crippen LogP contribution in [0, 0.1) is 5.92 Å². The van der Waals surface area contributed by atoms with Crippen molar-refractivity contribution < 1.29 is 36.5 Å². The van der Waals surface area contributed by atoms with Crippen molar-refractivity contribution in [3.63, 3.8) is 0 Å². The highest BCUT2D eigenvalue weighted by Crippen LogP contribution is 2.54. The van der Waals surface area contributed by atoms with Crippen molar-refractivity contribution in [3.05, 3.63) is 34.4 Å². The largest absolute Gasteiger partial charge is 0.474 e. The van der Waals surface area contributed by atoms with Crippen LogP contribution < -0.4 is 4.74 Å². The molecule has 0 bridgehead atoms. The average molecular weight is 474 g/mol. The molecule has 2 aromatic rings. The lowest BCUT2D eigenvalue weighted by Crippen LogP contribution is -2.36. The molecule has 2 N–H and O–H groups in total. The fourth-order valence-electron chi connectivity index (χ4n) is 2.98. The second-order valence-corrected chi connectivity index (χ2v) is 8.42. The van der Waals surface area contributed by atoms with Crippen molar-refractivity contribution >= 4 is 35.1 Å². The summed E-state index contributed by atoms with van der Waals surface area (Å²) in [4.78, 5) is 22.0. The van der Waals surface area contributed by atoms with Crippen LogP contribution in [0.5, 0.6) is 5.88 Å². The summed E-state index contributed by atoms with van der Waals surface area (Å²) >= 11 is 2.99. The van der Waals surface area contributed by atoms with Crippen LogP contribution in [0.1, 0.15) is 24.8 Å². The summed E-state index contributed by atoms with van der Waals surface area (Å²) in [5.41, 5.74) is -4.41. The molecule has 4 nitrogen and oxygen atoms in total. The average Bonchev–Trinajstić information content (AvgIpc) is 2.51. The lowest BCUT2D eigenvalue weighted by Gasteiger charge is -2.35. The molecule has 1 fully saturated rings. The molecule has 1 aromatic heterocycles. The molecule has 27 heavy (non-hydrogen) atoms. The summed E-state index contributed by atoms with van der Waals surface area (Å²) in [5.74, 6) is -0.366. The lowest BCUT2D eigenvalue weighted by atomic mass is 9.80. The van der Waals surface area contributed by atoms with E-state index >= 15 is 0 Å². The molecular weight excluding hydrogens is 460 g/mol. The first-order chi connectivity index (χ1) is 12.5. The number of aromatic nitrogens is 1. The summed E-state index contributed by atoms with van der Waals surface area (Å²) in [6.07, 6.45) is -3.56. The first-order valence-electron chi connectivity index (χ1n) is 7.84. The van der Waals surface area contributed by atoms with Crippen molar-refractivity contribution in [1.29, 1.82) is 0 Å². The summed E-state index contributed by atoms with van der Waals surface area (Å²) in [6.45, 7) is 0. The number of benzene rings is 1. The van der Waals surface area contributed by atoms with Crippen LogP contribution in [0.2, 0.25) is 0 Å². The number of hydrogen-bond acceptors (Lipinski definition) is 4. The van der Waals surface area contributed by atoms with Crippen LogP contribution in [0.4, 0.5) is 22.0 Å². The first-order valence-corrected chi connectivity index (χ1v) is 9.88. The quantitative estimate of drug-likeness (QED) is 0.447. The minimum Gasteiger partial charge on any atom is -0.474 e. The van der Waals surface area contributed by atoms with Gasteiger partial charge in [-0.15, -0.1) is 0 Å². The highest BCUT2D eigenvalue weighted by atomic mass is 79.9. The second-order valence-electron chi connectivity index (χ2n) is 6.43. The van der Waals surface area contributed by atoms with Gasteiger partial charge in [-0.1, -0.05) is 15.9 Å². The van der Waals surface area contributed by atoms with Gasteiger partial charge in [-0.25, -0.2) is 4.98 Å². The van der Waals surface area contributed by atoms with Crippen LogP contribution in [0.25, 0.3) is 10.8 Å². The third-order valence-electron chi connectivity index (χ3n) is 4.36. The maximum absolute atomic E-state index is 14.0. The first kappa shape index (κ1) is 20.6. The Balaban J connectivity index is 1.76. The summed E-state index contributed by atoms with van der Waals surface area (Å²) < 4.78 is 70.5. The molecule has 0 saturated heterocycles. The van der Waals surface area contributed by atoms with Crippen molar-refractivity contribution in [1.82, 2.24) is 4.98 Å². The molecular formula is C16H14BrF5NO3P. The monoisotopic (exact) mass is 473 g/mol. The Hall–Kier alpha value is -1.09. The molecule has 1 aromatic carbocycles. The standard InChI is InChI=1S/C16H14BrF5NO3P/c17-13-4-10-7-23-14(26-11-1-8(2-11)6-15(18,19)20)5-9(10)3-12(13)16(21,22)27(24)25/h3-5,7-8,11,24-25H,1-2,6H2. The number of ether oxygens (including phenoxy) is 1. The predicted octanol–water partition coefficient (Wildman–Crippen LogP) is 5.45. The minimum absolute atomic E-state index is 0.0000498. The number of halogens is 6. The van der Waals surface area contributed by atoms with E-state index < -0.39 is 44.2 Å². The molecule has 0 amide bonds. The molecule has 3 rings (SSSR count). The number of rotatable bonds is 5. The van der Waals surface area contributed by atoms with Gasteiger partial charge in [0.2, 0.25) is 14.3 Å². The molecule has 1 aliphatic carbocycles. The predicted molar refractivity (Wildman–Crippen MR) is 92.5 cm³/mol. The Morgan fingerprint density at radius 1 is 1.11 bits per heavy atom. The fourth-order valence-corrected chi connectivity index (χ4v) is 4.15. The fraction of sp³-hybridized carbons (Fsp3) is 0.438. The van der Waals surface area contributed by atoms with E-state index in [1.807, 2.05) is 0 Å². The van der Waals surface area contributed by atoms with E-state index in [4.69, 9.17) is 14.5 Å². The van der Waals surface area contributed by atoms with Gasteiger partial charge in [-0.2, -0.15) is 22.0 Å². The van der Waals surface area contributed by atoms with E-state index in [1.165, 1.54) is 18.3 Å². The minimum atomic E-state index is -4.20. The van der Waals surface area contributed by atoms with Gasteiger partial charge < -0.3 is 14.5 Å². The lowest BCUT2D eigenvalue weighted by molar-refractivity contribution is -0.156. The van der Waals surface area contributed by atoms with Gasteiger partial charge in [0.15, 0.2) is 0 Å².